The summed E-state index contributed by atoms with van der Waals surface area (Å²) in [5, 5.41) is 4.03. The first-order chi connectivity index (χ1) is 8.95. The Morgan fingerprint density at radius 3 is 2.47 bits per heavy atom. The fraction of sp³-hybridized carbons (Fsp3) is 0.300. The maximum absolute atomic E-state index is 11.6. The molecule has 102 valence electrons. The second-order valence-electron chi connectivity index (χ2n) is 3.72. The molecule has 2 rings (SSSR count). The third-order valence-electron chi connectivity index (χ3n) is 2.33. The number of hydrogen-bond acceptors (Lipinski definition) is 5. The molecule has 0 aromatic carbocycles. The Morgan fingerprint density at radius 2 is 1.95 bits per heavy atom. The standard InChI is InChI=1S/C10H10Cl2N4O2S/c1-2-4-7-8(19(12,17)18)9(11)16(15-7)10-13-5-3-6-14-10/h3,5-6H,2,4H2,1H3. The number of aryl methyl sites for hydroxylation is 1. The van der Waals surface area contributed by atoms with Gasteiger partial charge in [-0.05, 0) is 12.5 Å². The molecule has 0 radical (unpaired) electrons. The number of nitrogens with zero attached hydrogens (tertiary/aromatic N) is 4. The van der Waals surface area contributed by atoms with E-state index in [0.29, 0.717) is 18.5 Å². The lowest BCUT2D eigenvalue weighted by molar-refractivity contribution is 0.608. The van der Waals surface area contributed by atoms with Gasteiger partial charge >= 0.3 is 0 Å². The molecule has 0 N–H and O–H groups in total. The van der Waals surface area contributed by atoms with Crippen LogP contribution in [0.4, 0.5) is 0 Å². The maximum atomic E-state index is 11.6. The van der Waals surface area contributed by atoms with E-state index in [0.717, 1.165) is 0 Å². The van der Waals surface area contributed by atoms with Gasteiger partial charge in [0, 0.05) is 23.1 Å². The molecule has 0 aliphatic carbocycles. The highest BCUT2D eigenvalue weighted by atomic mass is 35.7. The third-order valence-corrected chi connectivity index (χ3v) is 4.17. The molecule has 2 heterocycles. The molecule has 0 fully saturated rings. The van der Waals surface area contributed by atoms with E-state index in [-0.39, 0.29) is 16.0 Å². The molecule has 6 nitrogen and oxygen atoms in total. The van der Waals surface area contributed by atoms with E-state index in [1.54, 1.807) is 6.07 Å². The Labute approximate surface area is 119 Å². The van der Waals surface area contributed by atoms with Crippen molar-refractivity contribution in [2.24, 2.45) is 0 Å². The molecule has 2 aromatic rings. The van der Waals surface area contributed by atoms with Gasteiger partial charge in [-0.15, -0.1) is 0 Å². The first-order valence-electron chi connectivity index (χ1n) is 5.44. The van der Waals surface area contributed by atoms with E-state index < -0.39 is 9.05 Å². The van der Waals surface area contributed by atoms with E-state index in [4.69, 9.17) is 22.3 Å². The summed E-state index contributed by atoms with van der Waals surface area (Å²) >= 11 is 6.04. The Balaban J connectivity index is 2.66. The predicted molar refractivity (Wildman–Crippen MR) is 71.2 cm³/mol. The van der Waals surface area contributed by atoms with Gasteiger partial charge in [0.1, 0.15) is 4.90 Å². The molecule has 0 atom stereocenters. The monoisotopic (exact) mass is 320 g/mol. The van der Waals surface area contributed by atoms with Crippen molar-refractivity contribution in [2.45, 2.75) is 24.7 Å². The summed E-state index contributed by atoms with van der Waals surface area (Å²) in [4.78, 5) is 7.77. The summed E-state index contributed by atoms with van der Waals surface area (Å²) < 4.78 is 24.3. The molecular weight excluding hydrogens is 311 g/mol. The number of hydrogen-bond donors (Lipinski definition) is 0. The van der Waals surface area contributed by atoms with E-state index in [1.165, 1.54) is 17.1 Å². The molecule has 9 heteroatoms. The van der Waals surface area contributed by atoms with Crippen molar-refractivity contribution >= 4 is 31.3 Å². The summed E-state index contributed by atoms with van der Waals surface area (Å²) in [6.07, 6.45) is 4.17. The van der Waals surface area contributed by atoms with Crippen molar-refractivity contribution in [3.63, 3.8) is 0 Å². The number of halogens is 2. The highest BCUT2D eigenvalue weighted by Gasteiger charge is 2.27. The van der Waals surface area contributed by atoms with Crippen LogP contribution in [0.25, 0.3) is 5.95 Å². The Morgan fingerprint density at radius 1 is 1.32 bits per heavy atom. The molecule has 0 unspecified atom stereocenters. The van der Waals surface area contributed by atoms with Crippen molar-refractivity contribution in [2.75, 3.05) is 0 Å². The zero-order valence-corrected chi connectivity index (χ0v) is 12.2. The zero-order chi connectivity index (χ0) is 14.0. The van der Waals surface area contributed by atoms with Gasteiger partial charge in [-0.2, -0.15) is 9.78 Å². The molecule has 0 aliphatic rings. The van der Waals surface area contributed by atoms with Crippen LogP contribution in [0.5, 0.6) is 0 Å². The lowest BCUT2D eigenvalue weighted by Gasteiger charge is -1.99. The van der Waals surface area contributed by atoms with Gasteiger partial charge in [-0.25, -0.2) is 18.4 Å². The van der Waals surface area contributed by atoms with Crippen molar-refractivity contribution in [1.82, 2.24) is 19.7 Å². The second-order valence-corrected chi connectivity index (χ2v) is 6.58. The van der Waals surface area contributed by atoms with Gasteiger partial charge in [0.25, 0.3) is 15.0 Å². The minimum absolute atomic E-state index is 0.107. The van der Waals surface area contributed by atoms with Crippen molar-refractivity contribution in [3.05, 3.63) is 29.3 Å². The van der Waals surface area contributed by atoms with Crippen LogP contribution in [0.3, 0.4) is 0 Å². The normalized spacial score (nSPS) is 11.7. The number of rotatable bonds is 4. The summed E-state index contributed by atoms with van der Waals surface area (Å²) in [5.41, 5.74) is 0.315. The molecule has 0 amide bonds. The van der Waals surface area contributed by atoms with Gasteiger partial charge < -0.3 is 0 Å². The maximum Gasteiger partial charge on any atom is 0.266 e. The van der Waals surface area contributed by atoms with Gasteiger partial charge in [-0.3, -0.25) is 0 Å². The summed E-state index contributed by atoms with van der Waals surface area (Å²) in [6.45, 7) is 1.90. The van der Waals surface area contributed by atoms with Crippen molar-refractivity contribution in [3.8, 4) is 5.95 Å². The lowest BCUT2D eigenvalue weighted by atomic mass is 10.2. The molecule has 0 saturated heterocycles. The van der Waals surface area contributed by atoms with Crippen LogP contribution in [0.15, 0.2) is 23.4 Å². The van der Waals surface area contributed by atoms with E-state index in [1.807, 2.05) is 6.92 Å². The fourth-order valence-electron chi connectivity index (χ4n) is 1.60. The van der Waals surface area contributed by atoms with Crippen LogP contribution in [0, 0.1) is 0 Å². The minimum atomic E-state index is -3.97. The van der Waals surface area contributed by atoms with E-state index >= 15 is 0 Å². The van der Waals surface area contributed by atoms with E-state index in [9.17, 15) is 8.42 Å². The van der Waals surface area contributed by atoms with Crippen LogP contribution in [0.2, 0.25) is 5.15 Å². The molecule has 0 saturated carbocycles. The van der Waals surface area contributed by atoms with Crippen LogP contribution >= 0.6 is 22.3 Å². The topological polar surface area (TPSA) is 77.7 Å². The van der Waals surface area contributed by atoms with Crippen molar-refractivity contribution < 1.29 is 8.42 Å². The van der Waals surface area contributed by atoms with Gasteiger partial charge in [0.15, 0.2) is 5.15 Å². The lowest BCUT2D eigenvalue weighted by Crippen LogP contribution is -2.02. The Hall–Kier alpha value is -1.18. The average molecular weight is 321 g/mol. The summed E-state index contributed by atoms with van der Waals surface area (Å²) in [7, 11) is 1.43. The molecule has 0 spiro atoms. The quantitative estimate of drug-likeness (QED) is 0.807. The van der Waals surface area contributed by atoms with Crippen LogP contribution < -0.4 is 0 Å². The van der Waals surface area contributed by atoms with Crippen LogP contribution in [-0.2, 0) is 15.5 Å². The highest BCUT2D eigenvalue weighted by molar-refractivity contribution is 8.13. The Kier molecular flexibility index (Phi) is 4.07. The van der Waals surface area contributed by atoms with Gasteiger partial charge in [-0.1, -0.05) is 24.9 Å². The van der Waals surface area contributed by atoms with Crippen molar-refractivity contribution in [1.29, 1.82) is 0 Å². The minimum Gasteiger partial charge on any atom is -0.220 e. The first-order valence-corrected chi connectivity index (χ1v) is 8.13. The smallest absolute Gasteiger partial charge is 0.220 e. The summed E-state index contributed by atoms with van der Waals surface area (Å²) in [6, 6.07) is 1.63. The third kappa shape index (κ3) is 2.88. The first kappa shape index (κ1) is 14.2. The average Bonchev–Trinajstić information content (AvgIpc) is 2.67. The molecule has 0 aliphatic heterocycles. The highest BCUT2D eigenvalue weighted by Crippen LogP contribution is 2.30. The van der Waals surface area contributed by atoms with Crippen LogP contribution in [0.1, 0.15) is 19.0 Å². The molecular formula is C10H10Cl2N4O2S. The fourth-order valence-corrected chi connectivity index (χ4v) is 3.44. The Bertz CT molecular complexity index is 685. The summed E-state index contributed by atoms with van der Waals surface area (Å²) in [5.74, 6) is 0.191. The van der Waals surface area contributed by atoms with Gasteiger partial charge in [0.2, 0.25) is 0 Å². The molecule has 0 bridgehead atoms. The SMILES string of the molecule is CCCc1nn(-c2ncccn2)c(Cl)c1S(=O)(=O)Cl. The molecule has 19 heavy (non-hydrogen) atoms. The van der Waals surface area contributed by atoms with Crippen LogP contribution in [-0.4, -0.2) is 28.2 Å². The molecule has 2 aromatic heterocycles. The zero-order valence-electron chi connectivity index (χ0n) is 9.92. The number of aromatic nitrogens is 4. The largest absolute Gasteiger partial charge is 0.266 e. The van der Waals surface area contributed by atoms with Gasteiger partial charge in [0.05, 0.1) is 5.69 Å². The predicted octanol–water partition coefficient (Wildman–Crippen LogP) is 2.20. The van der Waals surface area contributed by atoms with E-state index in [2.05, 4.69) is 15.1 Å². The second kappa shape index (κ2) is 5.44.